The summed E-state index contributed by atoms with van der Waals surface area (Å²) in [5, 5.41) is 21.9. The maximum atomic E-state index is 9.75. The Bertz CT molecular complexity index is 1350. The first kappa shape index (κ1) is 20.1. The summed E-state index contributed by atoms with van der Waals surface area (Å²) in [4.78, 5) is 2.25. The van der Waals surface area contributed by atoms with Gasteiger partial charge in [0.15, 0.2) is 0 Å². The van der Waals surface area contributed by atoms with Crippen LogP contribution < -0.4 is 10.4 Å². The molecular formula is C28H22BNO2. The van der Waals surface area contributed by atoms with E-state index in [9.17, 15) is 10.0 Å². The number of nitrogens with zero attached hydrogens (tertiary/aromatic N) is 1. The van der Waals surface area contributed by atoms with Crippen LogP contribution in [0.3, 0.4) is 0 Å². The van der Waals surface area contributed by atoms with Crippen molar-refractivity contribution in [3.63, 3.8) is 0 Å². The van der Waals surface area contributed by atoms with Crippen LogP contribution in [0.2, 0.25) is 0 Å². The van der Waals surface area contributed by atoms with E-state index < -0.39 is 7.12 Å². The van der Waals surface area contributed by atoms with Crippen molar-refractivity contribution in [1.29, 1.82) is 0 Å². The molecule has 4 heteroatoms. The molecule has 0 bridgehead atoms. The second kappa shape index (κ2) is 8.71. The van der Waals surface area contributed by atoms with Crippen LogP contribution in [0.1, 0.15) is 0 Å². The summed E-state index contributed by atoms with van der Waals surface area (Å²) in [6, 6.07) is 40.6. The zero-order valence-corrected chi connectivity index (χ0v) is 17.5. The van der Waals surface area contributed by atoms with Gasteiger partial charge in [-0.15, -0.1) is 0 Å². The minimum atomic E-state index is -1.51. The molecule has 0 fully saturated rings. The van der Waals surface area contributed by atoms with Crippen LogP contribution in [0.15, 0.2) is 121 Å². The van der Waals surface area contributed by atoms with Gasteiger partial charge >= 0.3 is 7.12 Å². The van der Waals surface area contributed by atoms with Crippen molar-refractivity contribution in [1.82, 2.24) is 0 Å². The minimum Gasteiger partial charge on any atom is -0.423 e. The van der Waals surface area contributed by atoms with Crippen LogP contribution in [-0.4, -0.2) is 17.2 Å². The lowest BCUT2D eigenvalue weighted by Crippen LogP contribution is -2.31. The van der Waals surface area contributed by atoms with Crippen molar-refractivity contribution >= 4 is 40.4 Å². The lowest BCUT2D eigenvalue weighted by Gasteiger charge is -2.27. The maximum absolute atomic E-state index is 9.75. The predicted octanol–water partition coefficient (Wildman–Crippen LogP) is 5.66. The van der Waals surface area contributed by atoms with Gasteiger partial charge < -0.3 is 14.9 Å². The Balaban J connectivity index is 1.64. The Labute approximate surface area is 188 Å². The summed E-state index contributed by atoms with van der Waals surface area (Å²) in [5.41, 5.74) is 5.44. The molecule has 32 heavy (non-hydrogen) atoms. The molecule has 0 saturated carbocycles. The molecule has 0 saturated heterocycles. The average Bonchev–Trinajstić information content (AvgIpc) is 2.85. The largest absolute Gasteiger partial charge is 0.489 e. The van der Waals surface area contributed by atoms with E-state index >= 15 is 0 Å². The lowest BCUT2D eigenvalue weighted by atomic mass is 9.75. The Morgan fingerprint density at radius 2 is 1.16 bits per heavy atom. The van der Waals surface area contributed by atoms with E-state index in [2.05, 4.69) is 71.6 Å². The van der Waals surface area contributed by atoms with E-state index in [1.54, 1.807) is 6.07 Å². The third-order valence-electron chi connectivity index (χ3n) is 5.70. The molecule has 0 spiro atoms. The van der Waals surface area contributed by atoms with Crippen molar-refractivity contribution in [3.05, 3.63) is 121 Å². The Morgan fingerprint density at radius 1 is 0.531 bits per heavy atom. The van der Waals surface area contributed by atoms with Gasteiger partial charge in [-0.3, -0.25) is 0 Å². The second-order valence-electron chi connectivity index (χ2n) is 7.68. The van der Waals surface area contributed by atoms with E-state index in [0.29, 0.717) is 5.46 Å². The molecule has 0 aromatic heterocycles. The molecule has 0 atom stereocenters. The first-order valence-corrected chi connectivity index (χ1v) is 10.6. The standard InChI is InChI=1S/C28H22BNO2/c31-29(32)27-15-7-6-13-25(27)22-17-19-24(20-18-22)30(23-11-2-1-3-12-23)28-16-8-10-21-9-4-5-14-26(21)28/h1-20,31-32H. The fourth-order valence-electron chi connectivity index (χ4n) is 4.18. The molecule has 2 N–H and O–H groups in total. The van der Waals surface area contributed by atoms with Crippen LogP contribution in [0.25, 0.3) is 21.9 Å². The predicted molar refractivity (Wildman–Crippen MR) is 134 cm³/mol. The maximum Gasteiger partial charge on any atom is 0.489 e. The third-order valence-corrected chi connectivity index (χ3v) is 5.70. The van der Waals surface area contributed by atoms with Gasteiger partial charge in [-0.05, 0) is 52.3 Å². The topological polar surface area (TPSA) is 43.7 Å². The number of benzene rings is 5. The smallest absolute Gasteiger partial charge is 0.423 e. The molecule has 3 nitrogen and oxygen atoms in total. The summed E-state index contributed by atoms with van der Waals surface area (Å²) in [6.07, 6.45) is 0. The van der Waals surface area contributed by atoms with Gasteiger partial charge in [0.1, 0.15) is 0 Å². The van der Waals surface area contributed by atoms with Crippen LogP contribution in [-0.2, 0) is 0 Å². The summed E-state index contributed by atoms with van der Waals surface area (Å²) in [7, 11) is -1.51. The Morgan fingerprint density at radius 3 is 1.94 bits per heavy atom. The zero-order valence-electron chi connectivity index (χ0n) is 17.5. The lowest BCUT2D eigenvalue weighted by molar-refractivity contribution is 0.426. The van der Waals surface area contributed by atoms with Crippen LogP contribution >= 0.6 is 0 Å². The highest BCUT2D eigenvalue weighted by molar-refractivity contribution is 6.60. The highest BCUT2D eigenvalue weighted by Gasteiger charge is 2.18. The average molecular weight is 415 g/mol. The first-order valence-electron chi connectivity index (χ1n) is 10.6. The van der Waals surface area contributed by atoms with Crippen molar-refractivity contribution in [2.45, 2.75) is 0 Å². The molecule has 5 aromatic rings. The number of para-hydroxylation sites is 1. The second-order valence-corrected chi connectivity index (χ2v) is 7.68. The molecule has 0 aliphatic rings. The molecule has 5 rings (SSSR count). The molecule has 0 aliphatic carbocycles. The molecule has 0 heterocycles. The Hall–Kier alpha value is -3.86. The normalized spacial score (nSPS) is 10.8. The number of rotatable bonds is 5. The quantitative estimate of drug-likeness (QED) is 0.364. The summed E-state index contributed by atoms with van der Waals surface area (Å²) in [5.74, 6) is 0. The van der Waals surface area contributed by atoms with E-state index in [1.807, 2.05) is 48.5 Å². The van der Waals surface area contributed by atoms with Gasteiger partial charge in [-0.25, -0.2) is 0 Å². The van der Waals surface area contributed by atoms with Gasteiger partial charge in [-0.1, -0.05) is 91.0 Å². The van der Waals surface area contributed by atoms with E-state index in [-0.39, 0.29) is 0 Å². The number of anilines is 3. The minimum absolute atomic E-state index is 0.495. The molecule has 5 aromatic carbocycles. The summed E-state index contributed by atoms with van der Waals surface area (Å²) in [6.45, 7) is 0. The number of hydrogen-bond acceptors (Lipinski definition) is 3. The number of fused-ring (bicyclic) bond motifs is 1. The van der Waals surface area contributed by atoms with Gasteiger partial charge in [0.25, 0.3) is 0 Å². The molecule has 0 amide bonds. The monoisotopic (exact) mass is 415 g/mol. The number of hydrogen-bond donors (Lipinski definition) is 2. The van der Waals surface area contributed by atoms with Crippen molar-refractivity contribution in [2.75, 3.05) is 4.90 Å². The fraction of sp³-hybridized carbons (Fsp3) is 0. The van der Waals surface area contributed by atoms with E-state index in [1.165, 1.54) is 10.8 Å². The molecular weight excluding hydrogens is 393 g/mol. The van der Waals surface area contributed by atoms with Gasteiger partial charge in [-0.2, -0.15) is 0 Å². The van der Waals surface area contributed by atoms with Crippen LogP contribution in [0.5, 0.6) is 0 Å². The van der Waals surface area contributed by atoms with Crippen molar-refractivity contribution in [2.24, 2.45) is 0 Å². The summed E-state index contributed by atoms with van der Waals surface area (Å²) < 4.78 is 0. The van der Waals surface area contributed by atoms with Crippen LogP contribution in [0.4, 0.5) is 17.1 Å². The summed E-state index contributed by atoms with van der Waals surface area (Å²) >= 11 is 0. The van der Waals surface area contributed by atoms with Gasteiger partial charge in [0.05, 0.1) is 5.69 Å². The Kier molecular flexibility index (Phi) is 5.47. The molecule has 154 valence electrons. The van der Waals surface area contributed by atoms with E-state index in [0.717, 1.165) is 28.2 Å². The van der Waals surface area contributed by atoms with E-state index in [4.69, 9.17) is 0 Å². The fourth-order valence-corrected chi connectivity index (χ4v) is 4.18. The molecule has 0 unspecified atom stereocenters. The van der Waals surface area contributed by atoms with Crippen molar-refractivity contribution < 1.29 is 10.0 Å². The third kappa shape index (κ3) is 3.78. The van der Waals surface area contributed by atoms with Crippen molar-refractivity contribution in [3.8, 4) is 11.1 Å². The highest BCUT2D eigenvalue weighted by Crippen LogP contribution is 2.39. The van der Waals surface area contributed by atoms with Gasteiger partial charge in [0.2, 0.25) is 0 Å². The zero-order chi connectivity index (χ0) is 21.9. The molecule has 0 aliphatic heterocycles. The first-order chi connectivity index (χ1) is 15.7. The molecule has 0 radical (unpaired) electrons. The highest BCUT2D eigenvalue weighted by atomic mass is 16.4. The van der Waals surface area contributed by atoms with Crippen LogP contribution in [0, 0.1) is 0 Å². The SMILES string of the molecule is OB(O)c1ccccc1-c1ccc(N(c2ccccc2)c2cccc3ccccc23)cc1. The van der Waals surface area contributed by atoms with Gasteiger partial charge in [0, 0.05) is 16.8 Å².